The second kappa shape index (κ2) is 14.1. The van der Waals surface area contributed by atoms with Crippen molar-refractivity contribution in [3.05, 3.63) is 94.2 Å². The first-order valence-corrected chi connectivity index (χ1v) is 14.2. The SMILES string of the molecule is CN(C(=O)O)[C@H](C(=O)N[C@@H](Cc1ccccc1)[C@@H](O)C[C@H](Cc1ccccc1)NC(=O)c1ccsc1)C(C)(C)C. The highest BCUT2D eigenvalue weighted by Crippen LogP contribution is 2.25. The van der Waals surface area contributed by atoms with E-state index in [4.69, 9.17) is 0 Å². The fourth-order valence-corrected chi connectivity index (χ4v) is 5.52. The predicted molar refractivity (Wildman–Crippen MR) is 157 cm³/mol. The molecule has 0 unspecified atom stereocenters. The van der Waals surface area contributed by atoms with Gasteiger partial charge in [0, 0.05) is 24.0 Å². The van der Waals surface area contributed by atoms with Crippen molar-refractivity contribution in [2.75, 3.05) is 7.05 Å². The molecule has 1 heterocycles. The van der Waals surface area contributed by atoms with Gasteiger partial charge in [-0.2, -0.15) is 11.3 Å². The Bertz CT molecular complexity index is 1230. The fraction of sp³-hybridized carbons (Fsp3) is 0.387. The van der Waals surface area contributed by atoms with Gasteiger partial charge in [-0.3, -0.25) is 14.5 Å². The standard InChI is InChI=1S/C31H39N3O5S/c1-31(2,3)27(34(4)30(38)39)29(37)33-25(18-22-13-9-6-10-14-22)26(35)19-24(17-21-11-7-5-8-12-21)32-28(36)23-15-16-40-20-23/h5-16,20,24-27,35H,17-19H2,1-4H3,(H,32,36)(H,33,37)(H,38,39)/t24-,25-,26-,27+/m0/s1. The van der Waals surface area contributed by atoms with Gasteiger partial charge in [-0.1, -0.05) is 81.4 Å². The molecule has 8 nitrogen and oxygen atoms in total. The molecule has 0 aliphatic rings. The highest BCUT2D eigenvalue weighted by molar-refractivity contribution is 7.08. The zero-order valence-corrected chi connectivity index (χ0v) is 24.2. The summed E-state index contributed by atoms with van der Waals surface area (Å²) in [6, 6.07) is 18.8. The number of carbonyl (C=O) groups is 3. The lowest BCUT2D eigenvalue weighted by atomic mass is 9.84. The molecule has 214 valence electrons. The van der Waals surface area contributed by atoms with Gasteiger partial charge in [-0.15, -0.1) is 0 Å². The van der Waals surface area contributed by atoms with Crippen molar-refractivity contribution >= 4 is 29.2 Å². The normalized spacial score (nSPS) is 14.4. The van der Waals surface area contributed by atoms with Crippen LogP contribution in [0.4, 0.5) is 4.79 Å². The van der Waals surface area contributed by atoms with Crippen molar-refractivity contribution in [1.29, 1.82) is 0 Å². The van der Waals surface area contributed by atoms with Gasteiger partial charge < -0.3 is 20.8 Å². The Labute approximate surface area is 240 Å². The summed E-state index contributed by atoms with van der Waals surface area (Å²) in [5, 5.41) is 30.8. The van der Waals surface area contributed by atoms with Gasteiger partial charge in [0.2, 0.25) is 5.91 Å². The molecule has 0 bridgehead atoms. The maximum atomic E-state index is 13.6. The third-order valence-corrected chi connectivity index (χ3v) is 7.50. The minimum absolute atomic E-state index is 0.178. The molecule has 0 radical (unpaired) electrons. The molecule has 4 N–H and O–H groups in total. The molecule has 3 amide bonds. The van der Waals surface area contributed by atoms with Crippen LogP contribution in [0.2, 0.25) is 0 Å². The number of nitrogens with zero attached hydrogens (tertiary/aromatic N) is 1. The zero-order valence-electron chi connectivity index (χ0n) is 23.4. The number of hydrogen-bond acceptors (Lipinski definition) is 5. The number of aliphatic hydroxyl groups excluding tert-OH is 1. The van der Waals surface area contributed by atoms with E-state index < -0.39 is 41.6 Å². The van der Waals surface area contributed by atoms with Gasteiger partial charge in [-0.25, -0.2) is 4.79 Å². The Morgan fingerprint density at radius 2 is 1.48 bits per heavy atom. The van der Waals surface area contributed by atoms with Gasteiger partial charge in [0.15, 0.2) is 0 Å². The summed E-state index contributed by atoms with van der Waals surface area (Å²) >= 11 is 1.43. The summed E-state index contributed by atoms with van der Waals surface area (Å²) in [5.41, 5.74) is 1.78. The third-order valence-electron chi connectivity index (χ3n) is 6.82. The van der Waals surface area contributed by atoms with E-state index in [0.29, 0.717) is 18.4 Å². The number of likely N-dealkylation sites (N-methyl/N-ethyl adjacent to an activating group) is 1. The van der Waals surface area contributed by atoms with E-state index >= 15 is 0 Å². The molecule has 40 heavy (non-hydrogen) atoms. The number of carboxylic acid groups (broad SMARTS) is 1. The van der Waals surface area contributed by atoms with Crippen molar-refractivity contribution < 1.29 is 24.6 Å². The van der Waals surface area contributed by atoms with E-state index in [2.05, 4.69) is 10.6 Å². The van der Waals surface area contributed by atoms with E-state index in [1.807, 2.05) is 66.0 Å². The summed E-state index contributed by atoms with van der Waals surface area (Å²) in [4.78, 5) is 39.3. The van der Waals surface area contributed by atoms with Crippen molar-refractivity contribution in [2.24, 2.45) is 5.41 Å². The molecular formula is C31H39N3O5S. The molecule has 0 saturated carbocycles. The van der Waals surface area contributed by atoms with Crippen molar-refractivity contribution in [3.63, 3.8) is 0 Å². The largest absolute Gasteiger partial charge is 0.465 e. The van der Waals surface area contributed by atoms with E-state index in [9.17, 15) is 24.6 Å². The summed E-state index contributed by atoms with van der Waals surface area (Å²) in [7, 11) is 1.37. The van der Waals surface area contributed by atoms with E-state index in [-0.39, 0.29) is 12.3 Å². The minimum atomic E-state index is -1.21. The number of thiophene rings is 1. The maximum absolute atomic E-state index is 13.6. The minimum Gasteiger partial charge on any atom is -0.465 e. The lowest BCUT2D eigenvalue weighted by Crippen LogP contribution is -2.58. The van der Waals surface area contributed by atoms with Gasteiger partial charge >= 0.3 is 6.09 Å². The first kappa shape index (κ1) is 30.8. The quantitative estimate of drug-likeness (QED) is 0.256. The second-order valence-corrected chi connectivity index (χ2v) is 11.9. The summed E-state index contributed by atoms with van der Waals surface area (Å²) < 4.78 is 0. The Hall–Kier alpha value is -3.69. The van der Waals surface area contributed by atoms with Crippen LogP contribution >= 0.6 is 11.3 Å². The molecule has 3 rings (SSSR count). The van der Waals surface area contributed by atoms with Crippen LogP contribution in [0.5, 0.6) is 0 Å². The molecule has 0 spiro atoms. The van der Waals surface area contributed by atoms with Crippen LogP contribution in [0.1, 0.15) is 48.7 Å². The van der Waals surface area contributed by atoms with Gasteiger partial charge in [0.05, 0.1) is 12.1 Å². The molecule has 1 aromatic heterocycles. The van der Waals surface area contributed by atoms with Crippen LogP contribution in [-0.2, 0) is 17.6 Å². The molecule has 9 heteroatoms. The lowest BCUT2D eigenvalue weighted by Gasteiger charge is -2.37. The number of benzene rings is 2. The Kier molecular flexibility index (Phi) is 10.9. The average molecular weight is 566 g/mol. The first-order chi connectivity index (χ1) is 19.0. The number of hydrogen-bond donors (Lipinski definition) is 4. The molecular weight excluding hydrogens is 526 g/mol. The number of amides is 3. The monoisotopic (exact) mass is 565 g/mol. The highest BCUT2D eigenvalue weighted by atomic mass is 32.1. The van der Waals surface area contributed by atoms with Gasteiger partial charge in [-0.05, 0) is 47.3 Å². The highest BCUT2D eigenvalue weighted by Gasteiger charge is 2.39. The molecule has 0 saturated heterocycles. The molecule has 0 aliphatic carbocycles. The van der Waals surface area contributed by atoms with Gasteiger partial charge in [0.25, 0.3) is 5.91 Å². The molecule has 0 aliphatic heterocycles. The van der Waals surface area contributed by atoms with E-state index in [1.54, 1.807) is 32.2 Å². The lowest BCUT2D eigenvalue weighted by molar-refractivity contribution is -0.130. The Morgan fingerprint density at radius 3 is 1.98 bits per heavy atom. The van der Waals surface area contributed by atoms with Crippen molar-refractivity contribution in [3.8, 4) is 0 Å². The number of aliphatic hydroxyl groups is 1. The van der Waals surface area contributed by atoms with Crippen LogP contribution in [0, 0.1) is 5.41 Å². The van der Waals surface area contributed by atoms with E-state index in [0.717, 1.165) is 16.0 Å². The third kappa shape index (κ3) is 8.93. The maximum Gasteiger partial charge on any atom is 0.407 e. The average Bonchev–Trinajstić information content (AvgIpc) is 3.44. The van der Waals surface area contributed by atoms with Crippen LogP contribution in [-0.4, -0.2) is 64.3 Å². The second-order valence-electron chi connectivity index (χ2n) is 11.1. The van der Waals surface area contributed by atoms with Crippen LogP contribution in [0.15, 0.2) is 77.5 Å². The first-order valence-electron chi connectivity index (χ1n) is 13.3. The fourth-order valence-electron chi connectivity index (χ4n) is 4.88. The number of carbonyl (C=O) groups excluding carboxylic acids is 2. The van der Waals surface area contributed by atoms with Crippen molar-refractivity contribution in [2.45, 2.75) is 64.3 Å². The summed E-state index contributed by atoms with van der Waals surface area (Å²) in [6.07, 6.45) is -1.24. The van der Waals surface area contributed by atoms with Crippen LogP contribution in [0.25, 0.3) is 0 Å². The predicted octanol–water partition coefficient (Wildman–Crippen LogP) is 4.59. The van der Waals surface area contributed by atoms with Crippen molar-refractivity contribution in [1.82, 2.24) is 15.5 Å². The Balaban J connectivity index is 1.86. The number of rotatable bonds is 12. The molecule has 2 aromatic carbocycles. The summed E-state index contributed by atoms with van der Waals surface area (Å²) in [6.45, 7) is 5.40. The molecule has 4 atom stereocenters. The smallest absolute Gasteiger partial charge is 0.407 e. The Morgan fingerprint density at radius 1 is 0.900 bits per heavy atom. The molecule has 0 fully saturated rings. The molecule has 3 aromatic rings. The summed E-state index contributed by atoms with van der Waals surface area (Å²) in [5.74, 6) is -0.715. The van der Waals surface area contributed by atoms with E-state index in [1.165, 1.54) is 18.4 Å². The number of nitrogens with one attached hydrogen (secondary N) is 2. The van der Waals surface area contributed by atoms with Gasteiger partial charge in [0.1, 0.15) is 6.04 Å². The van der Waals surface area contributed by atoms with Crippen LogP contribution < -0.4 is 10.6 Å². The topological polar surface area (TPSA) is 119 Å². The zero-order chi connectivity index (χ0) is 29.3. The van der Waals surface area contributed by atoms with Crippen LogP contribution in [0.3, 0.4) is 0 Å².